The molecule has 1 aromatic heterocycles. The van der Waals surface area contributed by atoms with E-state index >= 15 is 0 Å². The van der Waals surface area contributed by atoms with Crippen LogP contribution in [0.15, 0.2) is 24.4 Å². The molecule has 2 N–H and O–H groups in total. The van der Waals surface area contributed by atoms with Gasteiger partial charge in [0.25, 0.3) is 0 Å². The SMILES string of the molecule is C[C@@H](c1ccccn1)S(=O)(=O)N1CCC[C@H](CN)C1. The first-order valence-corrected chi connectivity index (χ1v) is 8.16. The maximum atomic E-state index is 12.6. The highest BCUT2D eigenvalue weighted by Gasteiger charge is 2.33. The van der Waals surface area contributed by atoms with Crippen molar-refractivity contribution in [3.05, 3.63) is 30.1 Å². The van der Waals surface area contributed by atoms with Crippen LogP contribution in [-0.2, 0) is 10.0 Å². The molecule has 0 aliphatic carbocycles. The summed E-state index contributed by atoms with van der Waals surface area (Å²) in [6.45, 7) is 3.37. The van der Waals surface area contributed by atoms with Crippen molar-refractivity contribution in [1.82, 2.24) is 9.29 Å². The first-order valence-electron chi connectivity index (χ1n) is 6.65. The quantitative estimate of drug-likeness (QED) is 0.899. The average Bonchev–Trinajstić information content (AvgIpc) is 2.47. The van der Waals surface area contributed by atoms with Gasteiger partial charge in [-0.25, -0.2) is 12.7 Å². The van der Waals surface area contributed by atoms with Gasteiger partial charge in [0.2, 0.25) is 10.0 Å². The van der Waals surface area contributed by atoms with E-state index in [-0.39, 0.29) is 5.92 Å². The van der Waals surface area contributed by atoms with Gasteiger partial charge in [-0.2, -0.15) is 0 Å². The molecule has 0 saturated carbocycles. The zero-order valence-electron chi connectivity index (χ0n) is 11.2. The standard InChI is InChI=1S/C13H21N3O2S/c1-11(13-6-2-3-7-15-13)19(17,18)16-8-4-5-12(9-14)10-16/h2-3,6-7,11-12H,4-5,8-10,14H2,1H3/t11-,12+/m0/s1. The van der Waals surface area contributed by atoms with Gasteiger partial charge in [0.1, 0.15) is 5.25 Å². The van der Waals surface area contributed by atoms with Crippen LogP contribution in [0.5, 0.6) is 0 Å². The predicted molar refractivity (Wildman–Crippen MR) is 74.9 cm³/mol. The van der Waals surface area contributed by atoms with Crippen LogP contribution < -0.4 is 5.73 Å². The zero-order chi connectivity index (χ0) is 13.9. The fourth-order valence-electron chi connectivity index (χ4n) is 2.44. The minimum absolute atomic E-state index is 0.277. The van der Waals surface area contributed by atoms with Crippen molar-refractivity contribution in [1.29, 1.82) is 0 Å². The van der Waals surface area contributed by atoms with Crippen molar-refractivity contribution in [2.75, 3.05) is 19.6 Å². The van der Waals surface area contributed by atoms with E-state index in [2.05, 4.69) is 4.98 Å². The van der Waals surface area contributed by atoms with E-state index < -0.39 is 15.3 Å². The van der Waals surface area contributed by atoms with Crippen LogP contribution in [0, 0.1) is 5.92 Å². The number of rotatable bonds is 4. The molecule has 0 amide bonds. The van der Waals surface area contributed by atoms with Gasteiger partial charge < -0.3 is 5.73 Å². The summed E-state index contributed by atoms with van der Waals surface area (Å²) in [5.74, 6) is 0.277. The maximum absolute atomic E-state index is 12.6. The second-order valence-electron chi connectivity index (χ2n) is 5.04. The van der Waals surface area contributed by atoms with Crippen molar-refractivity contribution in [2.45, 2.75) is 25.0 Å². The fraction of sp³-hybridized carbons (Fsp3) is 0.615. The van der Waals surface area contributed by atoms with Crippen LogP contribution in [-0.4, -0.2) is 37.3 Å². The van der Waals surface area contributed by atoms with Gasteiger partial charge in [-0.3, -0.25) is 4.98 Å². The molecule has 106 valence electrons. The summed E-state index contributed by atoms with van der Waals surface area (Å²) in [5, 5.41) is -0.606. The Hall–Kier alpha value is -0.980. The number of nitrogens with two attached hydrogens (primary N) is 1. The second-order valence-corrected chi connectivity index (χ2v) is 7.30. The molecule has 0 bridgehead atoms. The lowest BCUT2D eigenvalue weighted by atomic mass is 10.0. The van der Waals surface area contributed by atoms with E-state index in [0.29, 0.717) is 25.3 Å². The fourth-order valence-corrected chi connectivity index (χ4v) is 4.14. The Morgan fingerprint density at radius 1 is 1.53 bits per heavy atom. The summed E-state index contributed by atoms with van der Waals surface area (Å²) in [6.07, 6.45) is 3.52. The van der Waals surface area contributed by atoms with Crippen molar-refractivity contribution in [3.8, 4) is 0 Å². The molecular weight excluding hydrogens is 262 g/mol. The third-order valence-corrected chi connectivity index (χ3v) is 5.91. The lowest BCUT2D eigenvalue weighted by Gasteiger charge is -2.33. The van der Waals surface area contributed by atoms with Gasteiger partial charge in [0.15, 0.2) is 0 Å². The molecule has 19 heavy (non-hydrogen) atoms. The molecule has 0 radical (unpaired) electrons. The minimum Gasteiger partial charge on any atom is -0.330 e. The van der Waals surface area contributed by atoms with Crippen molar-refractivity contribution >= 4 is 10.0 Å². The summed E-state index contributed by atoms with van der Waals surface area (Å²) in [6, 6.07) is 5.36. The normalized spacial score (nSPS) is 23.2. The van der Waals surface area contributed by atoms with E-state index in [1.165, 1.54) is 0 Å². The molecule has 6 heteroatoms. The Kier molecular flexibility index (Phi) is 4.54. The van der Waals surface area contributed by atoms with Gasteiger partial charge in [0, 0.05) is 19.3 Å². The van der Waals surface area contributed by atoms with Crippen molar-refractivity contribution in [2.24, 2.45) is 11.7 Å². The minimum atomic E-state index is -3.34. The number of hydrogen-bond donors (Lipinski definition) is 1. The van der Waals surface area contributed by atoms with Crippen LogP contribution >= 0.6 is 0 Å². The topological polar surface area (TPSA) is 76.3 Å². The molecule has 2 atom stereocenters. The van der Waals surface area contributed by atoms with Gasteiger partial charge in [0.05, 0.1) is 5.69 Å². The number of sulfonamides is 1. The zero-order valence-corrected chi connectivity index (χ0v) is 12.0. The molecule has 0 aromatic carbocycles. The highest BCUT2D eigenvalue weighted by Crippen LogP contribution is 2.27. The molecule has 1 saturated heterocycles. The lowest BCUT2D eigenvalue weighted by molar-refractivity contribution is 0.269. The molecule has 1 aliphatic heterocycles. The average molecular weight is 283 g/mol. The van der Waals surface area contributed by atoms with E-state index in [1.807, 2.05) is 6.07 Å². The van der Waals surface area contributed by atoms with Crippen LogP contribution in [0.4, 0.5) is 0 Å². The van der Waals surface area contributed by atoms with Crippen LogP contribution in [0.3, 0.4) is 0 Å². The van der Waals surface area contributed by atoms with Crippen molar-refractivity contribution < 1.29 is 8.42 Å². The van der Waals surface area contributed by atoms with Crippen LogP contribution in [0.1, 0.15) is 30.7 Å². The van der Waals surface area contributed by atoms with E-state index in [9.17, 15) is 8.42 Å². The lowest BCUT2D eigenvalue weighted by Crippen LogP contribution is -2.43. The Balaban J connectivity index is 2.18. The Morgan fingerprint density at radius 3 is 2.95 bits per heavy atom. The number of pyridine rings is 1. The Bertz CT molecular complexity index is 504. The molecule has 2 rings (SSSR count). The van der Waals surface area contributed by atoms with Gasteiger partial charge in [-0.15, -0.1) is 0 Å². The number of nitrogens with zero attached hydrogens (tertiary/aromatic N) is 2. The summed E-state index contributed by atoms with van der Waals surface area (Å²) < 4.78 is 26.8. The largest absolute Gasteiger partial charge is 0.330 e. The number of aromatic nitrogens is 1. The molecule has 1 aliphatic rings. The van der Waals surface area contributed by atoms with Crippen molar-refractivity contribution in [3.63, 3.8) is 0 Å². The number of hydrogen-bond acceptors (Lipinski definition) is 4. The Morgan fingerprint density at radius 2 is 2.32 bits per heavy atom. The van der Waals surface area contributed by atoms with Crippen LogP contribution in [0.25, 0.3) is 0 Å². The smallest absolute Gasteiger partial charge is 0.222 e. The highest BCUT2D eigenvalue weighted by atomic mass is 32.2. The molecule has 0 spiro atoms. The highest BCUT2D eigenvalue weighted by molar-refractivity contribution is 7.89. The molecule has 5 nitrogen and oxygen atoms in total. The first-order chi connectivity index (χ1) is 9.05. The summed E-state index contributed by atoms with van der Waals surface area (Å²) in [7, 11) is -3.34. The molecule has 1 aromatic rings. The molecule has 0 unspecified atom stereocenters. The maximum Gasteiger partial charge on any atom is 0.222 e. The Labute approximate surface area is 114 Å². The van der Waals surface area contributed by atoms with E-state index in [1.54, 1.807) is 29.6 Å². The van der Waals surface area contributed by atoms with Crippen LogP contribution in [0.2, 0.25) is 0 Å². The first kappa shape index (κ1) is 14.4. The third-order valence-electron chi connectivity index (χ3n) is 3.73. The van der Waals surface area contributed by atoms with E-state index in [0.717, 1.165) is 12.8 Å². The second kappa shape index (κ2) is 5.98. The monoisotopic (exact) mass is 283 g/mol. The predicted octanol–water partition coefficient (Wildman–Crippen LogP) is 1.14. The molecular formula is C13H21N3O2S. The summed E-state index contributed by atoms with van der Waals surface area (Å²) in [4.78, 5) is 4.15. The molecule has 2 heterocycles. The van der Waals surface area contributed by atoms with Gasteiger partial charge >= 0.3 is 0 Å². The van der Waals surface area contributed by atoms with Gasteiger partial charge in [-0.1, -0.05) is 6.07 Å². The third kappa shape index (κ3) is 3.13. The number of piperidine rings is 1. The summed E-state index contributed by atoms with van der Waals surface area (Å²) >= 11 is 0. The van der Waals surface area contributed by atoms with Gasteiger partial charge in [-0.05, 0) is 44.4 Å². The molecule has 1 fully saturated rings. The summed E-state index contributed by atoms with van der Waals surface area (Å²) in [5.41, 5.74) is 6.26. The van der Waals surface area contributed by atoms with E-state index in [4.69, 9.17) is 5.73 Å².